The van der Waals surface area contributed by atoms with Crippen LogP contribution in [0.3, 0.4) is 0 Å². The summed E-state index contributed by atoms with van der Waals surface area (Å²) in [6.45, 7) is 2.52. The molecule has 0 spiro atoms. The SMILES string of the molecule is CCCCOC(=O)c1ccc(NCC(=O)Nc2cccc(C#N)c2)cc1. The van der Waals surface area contributed by atoms with Gasteiger partial charge in [0.05, 0.1) is 30.3 Å². The zero-order valence-electron chi connectivity index (χ0n) is 14.6. The zero-order chi connectivity index (χ0) is 18.8. The van der Waals surface area contributed by atoms with Gasteiger partial charge in [0.1, 0.15) is 0 Å². The van der Waals surface area contributed by atoms with Crippen LogP contribution in [0.5, 0.6) is 0 Å². The number of carbonyl (C=O) groups excluding carboxylic acids is 2. The highest BCUT2D eigenvalue weighted by molar-refractivity contribution is 5.94. The number of amides is 1. The molecule has 2 aromatic rings. The van der Waals surface area contributed by atoms with Gasteiger partial charge in [-0.15, -0.1) is 0 Å². The minimum Gasteiger partial charge on any atom is -0.462 e. The first-order valence-corrected chi connectivity index (χ1v) is 8.43. The molecule has 26 heavy (non-hydrogen) atoms. The summed E-state index contributed by atoms with van der Waals surface area (Å²) in [5.41, 5.74) is 2.25. The first-order valence-electron chi connectivity index (χ1n) is 8.43. The number of nitriles is 1. The summed E-state index contributed by atoms with van der Waals surface area (Å²) in [6.07, 6.45) is 1.82. The van der Waals surface area contributed by atoms with Crippen LogP contribution in [0.25, 0.3) is 0 Å². The third kappa shape index (κ3) is 5.95. The van der Waals surface area contributed by atoms with Gasteiger partial charge in [0.15, 0.2) is 0 Å². The number of nitrogens with one attached hydrogen (secondary N) is 2. The van der Waals surface area contributed by atoms with Gasteiger partial charge in [-0.05, 0) is 48.9 Å². The number of carbonyl (C=O) groups is 2. The Kier molecular flexibility index (Phi) is 7.19. The van der Waals surface area contributed by atoms with E-state index in [0.29, 0.717) is 23.4 Å². The van der Waals surface area contributed by atoms with Crippen LogP contribution in [0.4, 0.5) is 11.4 Å². The third-order valence-corrected chi connectivity index (χ3v) is 3.58. The first-order chi connectivity index (χ1) is 12.6. The topological polar surface area (TPSA) is 91.2 Å². The van der Waals surface area contributed by atoms with Crippen LogP contribution in [-0.2, 0) is 9.53 Å². The van der Waals surface area contributed by atoms with E-state index in [1.165, 1.54) is 0 Å². The van der Waals surface area contributed by atoms with E-state index in [1.54, 1.807) is 48.5 Å². The van der Waals surface area contributed by atoms with Crippen LogP contribution >= 0.6 is 0 Å². The molecule has 0 unspecified atom stereocenters. The average molecular weight is 351 g/mol. The predicted octanol–water partition coefficient (Wildman–Crippen LogP) is 3.57. The molecule has 0 saturated heterocycles. The van der Waals surface area contributed by atoms with Crippen molar-refractivity contribution in [3.05, 3.63) is 59.7 Å². The second kappa shape index (κ2) is 9.84. The van der Waals surface area contributed by atoms with Crippen molar-refractivity contribution in [2.75, 3.05) is 23.8 Å². The zero-order valence-corrected chi connectivity index (χ0v) is 14.6. The normalized spacial score (nSPS) is 9.85. The number of benzene rings is 2. The fourth-order valence-electron chi connectivity index (χ4n) is 2.17. The van der Waals surface area contributed by atoms with Gasteiger partial charge in [0, 0.05) is 11.4 Å². The van der Waals surface area contributed by atoms with Crippen molar-refractivity contribution in [1.82, 2.24) is 0 Å². The lowest BCUT2D eigenvalue weighted by Gasteiger charge is -2.09. The highest BCUT2D eigenvalue weighted by Gasteiger charge is 2.07. The van der Waals surface area contributed by atoms with Crippen molar-refractivity contribution in [2.45, 2.75) is 19.8 Å². The lowest BCUT2D eigenvalue weighted by molar-refractivity contribution is -0.114. The van der Waals surface area contributed by atoms with Crippen molar-refractivity contribution in [3.63, 3.8) is 0 Å². The molecule has 0 radical (unpaired) electrons. The number of ether oxygens (including phenoxy) is 1. The summed E-state index contributed by atoms with van der Waals surface area (Å²) in [5.74, 6) is -0.580. The molecule has 1 amide bonds. The van der Waals surface area contributed by atoms with E-state index < -0.39 is 0 Å². The highest BCUT2D eigenvalue weighted by atomic mass is 16.5. The van der Waals surface area contributed by atoms with Gasteiger partial charge >= 0.3 is 5.97 Å². The van der Waals surface area contributed by atoms with E-state index in [9.17, 15) is 9.59 Å². The molecule has 0 atom stereocenters. The van der Waals surface area contributed by atoms with Crippen LogP contribution in [0.15, 0.2) is 48.5 Å². The summed E-state index contributed by atoms with van der Waals surface area (Å²) in [7, 11) is 0. The summed E-state index contributed by atoms with van der Waals surface area (Å²) >= 11 is 0. The Bertz CT molecular complexity index is 795. The minimum absolute atomic E-state index is 0.0665. The fourth-order valence-corrected chi connectivity index (χ4v) is 2.17. The van der Waals surface area contributed by atoms with Gasteiger partial charge in [0.25, 0.3) is 0 Å². The second-order valence-corrected chi connectivity index (χ2v) is 5.66. The molecule has 0 aromatic heterocycles. The van der Waals surface area contributed by atoms with Gasteiger partial charge in [-0.1, -0.05) is 19.4 Å². The molecule has 0 aliphatic heterocycles. The van der Waals surface area contributed by atoms with E-state index in [2.05, 4.69) is 10.6 Å². The molecular formula is C20H21N3O3. The van der Waals surface area contributed by atoms with Crippen LogP contribution in [0, 0.1) is 11.3 Å². The molecule has 0 aliphatic carbocycles. The van der Waals surface area contributed by atoms with Gasteiger partial charge in [0.2, 0.25) is 5.91 Å². The number of hydrogen-bond acceptors (Lipinski definition) is 5. The second-order valence-electron chi connectivity index (χ2n) is 5.66. The quantitative estimate of drug-likeness (QED) is 0.560. The maximum absolute atomic E-state index is 12.0. The lowest BCUT2D eigenvalue weighted by atomic mass is 10.2. The Morgan fingerprint density at radius 3 is 2.58 bits per heavy atom. The number of unbranched alkanes of at least 4 members (excludes halogenated alkanes) is 1. The van der Waals surface area contributed by atoms with Gasteiger partial charge in [-0.3, -0.25) is 4.79 Å². The highest BCUT2D eigenvalue weighted by Crippen LogP contribution is 2.12. The number of esters is 1. The Labute approximate surface area is 152 Å². The summed E-state index contributed by atoms with van der Waals surface area (Å²) in [4.78, 5) is 23.8. The summed E-state index contributed by atoms with van der Waals surface area (Å²) in [5, 5.41) is 14.6. The molecule has 6 nitrogen and oxygen atoms in total. The van der Waals surface area contributed by atoms with E-state index >= 15 is 0 Å². The van der Waals surface area contributed by atoms with Gasteiger partial charge in [-0.2, -0.15) is 5.26 Å². The Balaban J connectivity index is 1.82. The van der Waals surface area contributed by atoms with Crippen LogP contribution < -0.4 is 10.6 Å². The Hall–Kier alpha value is -3.33. The molecule has 134 valence electrons. The maximum Gasteiger partial charge on any atom is 0.338 e. The largest absolute Gasteiger partial charge is 0.462 e. The average Bonchev–Trinajstić information content (AvgIpc) is 2.67. The van der Waals surface area contributed by atoms with Crippen molar-refractivity contribution in [1.29, 1.82) is 5.26 Å². The fraction of sp³-hybridized carbons (Fsp3) is 0.250. The van der Waals surface area contributed by atoms with Crippen molar-refractivity contribution < 1.29 is 14.3 Å². The van der Waals surface area contributed by atoms with E-state index in [0.717, 1.165) is 18.5 Å². The molecule has 0 fully saturated rings. The molecule has 2 rings (SSSR count). The van der Waals surface area contributed by atoms with Crippen LogP contribution in [-0.4, -0.2) is 25.0 Å². The Morgan fingerprint density at radius 1 is 1.12 bits per heavy atom. The molecular weight excluding hydrogens is 330 g/mol. The summed E-state index contributed by atoms with van der Waals surface area (Å²) < 4.78 is 5.15. The molecule has 0 bridgehead atoms. The maximum atomic E-state index is 12.0. The van der Waals surface area contributed by atoms with Gasteiger partial charge in [-0.25, -0.2) is 4.79 Å². The third-order valence-electron chi connectivity index (χ3n) is 3.58. The predicted molar refractivity (Wildman–Crippen MR) is 99.9 cm³/mol. The summed E-state index contributed by atoms with van der Waals surface area (Å²) in [6, 6.07) is 15.5. The standard InChI is InChI=1S/C20H21N3O3/c1-2-3-11-26-20(25)16-7-9-17(10-8-16)22-14-19(24)23-18-6-4-5-15(12-18)13-21/h4-10,12,22H,2-3,11,14H2,1H3,(H,23,24). The van der Waals surface area contributed by atoms with Crippen molar-refractivity contribution >= 4 is 23.3 Å². The number of rotatable bonds is 8. The van der Waals surface area contributed by atoms with E-state index in [1.807, 2.05) is 13.0 Å². The number of hydrogen-bond donors (Lipinski definition) is 2. The monoisotopic (exact) mass is 351 g/mol. The molecule has 0 aliphatic rings. The van der Waals surface area contributed by atoms with Gasteiger partial charge < -0.3 is 15.4 Å². The Morgan fingerprint density at radius 2 is 1.88 bits per heavy atom. The van der Waals surface area contributed by atoms with Crippen molar-refractivity contribution in [3.8, 4) is 6.07 Å². The molecule has 0 heterocycles. The molecule has 0 saturated carbocycles. The number of nitrogens with zero attached hydrogens (tertiary/aromatic N) is 1. The molecule has 2 aromatic carbocycles. The van der Waals surface area contributed by atoms with Crippen molar-refractivity contribution in [2.24, 2.45) is 0 Å². The van der Waals surface area contributed by atoms with Crippen LogP contribution in [0.2, 0.25) is 0 Å². The molecule has 2 N–H and O–H groups in total. The lowest BCUT2D eigenvalue weighted by Crippen LogP contribution is -2.21. The smallest absolute Gasteiger partial charge is 0.338 e. The van der Waals surface area contributed by atoms with E-state index in [-0.39, 0.29) is 18.4 Å². The number of anilines is 2. The molecule has 6 heteroatoms. The van der Waals surface area contributed by atoms with Crippen LogP contribution in [0.1, 0.15) is 35.7 Å². The first kappa shape index (κ1) is 19.0. The van der Waals surface area contributed by atoms with E-state index in [4.69, 9.17) is 10.00 Å². The minimum atomic E-state index is -0.347.